The summed E-state index contributed by atoms with van der Waals surface area (Å²) < 4.78 is 1.55. The molecule has 0 radical (unpaired) electrons. The SMILES string of the molecule is Cc1cc(C)nc(N2CC3CN(C(=O)c4ccc(C)nc4-n4ccnn4)CC3C2)n1. The van der Waals surface area contributed by atoms with Crippen LogP contribution < -0.4 is 4.90 Å². The van der Waals surface area contributed by atoms with Crippen LogP contribution in [0, 0.1) is 32.6 Å². The van der Waals surface area contributed by atoms with Gasteiger partial charge in [0.15, 0.2) is 5.82 Å². The molecule has 0 N–H and O–H groups in total. The van der Waals surface area contributed by atoms with Gasteiger partial charge in [-0.2, -0.15) is 0 Å². The minimum absolute atomic E-state index is 0.00315. The van der Waals surface area contributed by atoms with Crippen LogP contribution in [0.15, 0.2) is 30.6 Å². The molecule has 9 heteroatoms. The number of likely N-dealkylation sites (tertiary alicyclic amines) is 1. The quantitative estimate of drug-likeness (QED) is 0.654. The molecule has 1 amide bonds. The van der Waals surface area contributed by atoms with Gasteiger partial charge >= 0.3 is 0 Å². The second-order valence-electron chi connectivity index (χ2n) is 8.26. The first-order chi connectivity index (χ1) is 14.5. The van der Waals surface area contributed by atoms with Crippen molar-refractivity contribution >= 4 is 11.9 Å². The van der Waals surface area contributed by atoms with E-state index in [1.807, 2.05) is 43.9 Å². The van der Waals surface area contributed by atoms with E-state index in [9.17, 15) is 4.79 Å². The zero-order valence-corrected chi connectivity index (χ0v) is 17.4. The van der Waals surface area contributed by atoms with Crippen LogP contribution in [-0.2, 0) is 0 Å². The molecule has 3 aromatic heterocycles. The fraction of sp³-hybridized carbons (Fsp3) is 0.429. The van der Waals surface area contributed by atoms with Gasteiger partial charge < -0.3 is 9.80 Å². The number of nitrogens with zero attached hydrogens (tertiary/aromatic N) is 8. The Labute approximate surface area is 174 Å². The highest BCUT2D eigenvalue weighted by atomic mass is 16.2. The zero-order valence-electron chi connectivity index (χ0n) is 17.4. The average Bonchev–Trinajstić information content (AvgIpc) is 3.43. The summed E-state index contributed by atoms with van der Waals surface area (Å²) in [5.74, 6) is 2.17. The van der Waals surface area contributed by atoms with E-state index in [2.05, 4.69) is 30.2 Å². The van der Waals surface area contributed by atoms with Crippen molar-refractivity contribution in [1.82, 2.24) is 34.8 Å². The fourth-order valence-electron chi connectivity index (χ4n) is 4.55. The molecule has 5 rings (SSSR count). The Morgan fingerprint density at radius 2 is 1.63 bits per heavy atom. The Morgan fingerprint density at radius 1 is 0.933 bits per heavy atom. The van der Waals surface area contributed by atoms with Gasteiger partial charge in [0.2, 0.25) is 5.95 Å². The summed E-state index contributed by atoms with van der Waals surface area (Å²) in [6.45, 7) is 9.11. The summed E-state index contributed by atoms with van der Waals surface area (Å²) in [6, 6.07) is 5.69. The molecule has 154 valence electrons. The number of anilines is 1. The number of amides is 1. The molecule has 0 aliphatic carbocycles. The third-order valence-corrected chi connectivity index (χ3v) is 5.91. The summed E-state index contributed by atoms with van der Waals surface area (Å²) in [4.78, 5) is 31.3. The lowest BCUT2D eigenvalue weighted by Gasteiger charge is -2.23. The molecule has 0 bridgehead atoms. The number of carbonyl (C=O) groups excluding carboxylic acids is 1. The maximum Gasteiger partial charge on any atom is 0.257 e. The van der Waals surface area contributed by atoms with Crippen LogP contribution in [0.5, 0.6) is 0 Å². The highest BCUT2D eigenvalue weighted by Crippen LogP contribution is 2.34. The van der Waals surface area contributed by atoms with Crippen molar-refractivity contribution in [3.63, 3.8) is 0 Å². The molecule has 0 spiro atoms. The Balaban J connectivity index is 1.33. The molecular formula is C21H24N8O. The van der Waals surface area contributed by atoms with E-state index in [0.717, 1.165) is 49.2 Å². The standard InChI is InChI=1S/C21H24N8O/c1-13-4-5-18(19(23-13)29-7-6-22-26-29)20(30)27-9-16-11-28(12-17(16)10-27)21-24-14(2)8-15(3)25-21/h4-8,16-17H,9-12H2,1-3H3. The summed E-state index contributed by atoms with van der Waals surface area (Å²) in [7, 11) is 0. The zero-order chi connectivity index (χ0) is 20.8. The average molecular weight is 404 g/mol. The number of aromatic nitrogens is 6. The molecule has 3 aromatic rings. The number of fused-ring (bicyclic) bond motifs is 1. The Kier molecular flexibility index (Phi) is 4.45. The Bertz CT molecular complexity index is 1060. The molecule has 0 saturated carbocycles. The Hall–Kier alpha value is -3.36. The number of rotatable bonds is 3. The number of hydrogen-bond acceptors (Lipinski definition) is 7. The number of hydrogen-bond donors (Lipinski definition) is 0. The van der Waals surface area contributed by atoms with Crippen LogP contribution in [-0.4, -0.2) is 66.9 Å². The maximum atomic E-state index is 13.3. The van der Waals surface area contributed by atoms with Gasteiger partial charge in [0.05, 0.1) is 18.0 Å². The van der Waals surface area contributed by atoms with E-state index < -0.39 is 0 Å². The van der Waals surface area contributed by atoms with Crippen LogP contribution in [0.1, 0.15) is 27.4 Å². The second-order valence-corrected chi connectivity index (χ2v) is 8.26. The van der Waals surface area contributed by atoms with Gasteiger partial charge in [-0.05, 0) is 39.0 Å². The molecule has 9 nitrogen and oxygen atoms in total. The lowest BCUT2D eigenvalue weighted by atomic mass is 10.0. The van der Waals surface area contributed by atoms with E-state index in [1.54, 1.807) is 17.1 Å². The van der Waals surface area contributed by atoms with Crippen LogP contribution in [0.4, 0.5) is 5.95 Å². The minimum atomic E-state index is -0.00315. The van der Waals surface area contributed by atoms with Crippen LogP contribution in [0.25, 0.3) is 5.82 Å². The third kappa shape index (κ3) is 3.30. The van der Waals surface area contributed by atoms with Crippen LogP contribution >= 0.6 is 0 Å². The molecule has 2 unspecified atom stereocenters. The second kappa shape index (κ2) is 7.16. The highest BCUT2D eigenvalue weighted by molar-refractivity contribution is 5.97. The van der Waals surface area contributed by atoms with Gasteiger partial charge in [0, 0.05) is 55.1 Å². The van der Waals surface area contributed by atoms with Crippen molar-refractivity contribution in [2.45, 2.75) is 20.8 Å². The van der Waals surface area contributed by atoms with Crippen molar-refractivity contribution in [1.29, 1.82) is 0 Å². The lowest BCUT2D eigenvalue weighted by molar-refractivity contribution is 0.0782. The maximum absolute atomic E-state index is 13.3. The minimum Gasteiger partial charge on any atom is -0.340 e. The van der Waals surface area contributed by atoms with Crippen LogP contribution in [0.2, 0.25) is 0 Å². The molecule has 2 aliphatic rings. The molecule has 2 aliphatic heterocycles. The molecule has 2 fully saturated rings. The Morgan fingerprint density at radius 3 is 2.27 bits per heavy atom. The molecule has 2 atom stereocenters. The van der Waals surface area contributed by atoms with Crippen molar-refractivity contribution in [3.8, 4) is 5.82 Å². The largest absolute Gasteiger partial charge is 0.340 e. The molecule has 0 aromatic carbocycles. The van der Waals surface area contributed by atoms with E-state index in [0.29, 0.717) is 23.2 Å². The first-order valence-corrected chi connectivity index (χ1v) is 10.2. The monoisotopic (exact) mass is 404 g/mol. The summed E-state index contributed by atoms with van der Waals surface area (Å²) in [5.41, 5.74) is 3.36. The molecule has 30 heavy (non-hydrogen) atoms. The molecule has 2 saturated heterocycles. The first kappa shape index (κ1) is 18.7. The highest BCUT2D eigenvalue weighted by Gasteiger charge is 2.43. The van der Waals surface area contributed by atoms with Crippen molar-refractivity contribution < 1.29 is 4.79 Å². The van der Waals surface area contributed by atoms with Gasteiger partial charge in [0.1, 0.15) is 0 Å². The van der Waals surface area contributed by atoms with Crippen molar-refractivity contribution in [2.75, 3.05) is 31.1 Å². The van der Waals surface area contributed by atoms with Gasteiger partial charge in [-0.1, -0.05) is 5.21 Å². The first-order valence-electron chi connectivity index (χ1n) is 10.2. The number of carbonyl (C=O) groups is 1. The van der Waals surface area contributed by atoms with E-state index in [4.69, 9.17) is 0 Å². The summed E-state index contributed by atoms with van der Waals surface area (Å²) >= 11 is 0. The van der Waals surface area contributed by atoms with E-state index >= 15 is 0 Å². The predicted molar refractivity (Wildman–Crippen MR) is 110 cm³/mol. The summed E-state index contributed by atoms with van der Waals surface area (Å²) in [5, 5.41) is 7.88. The number of aryl methyl sites for hydroxylation is 3. The molecular weight excluding hydrogens is 380 g/mol. The van der Waals surface area contributed by atoms with Gasteiger partial charge in [-0.15, -0.1) is 5.10 Å². The lowest BCUT2D eigenvalue weighted by Crippen LogP contribution is -2.34. The number of pyridine rings is 1. The topological polar surface area (TPSA) is 92.9 Å². The smallest absolute Gasteiger partial charge is 0.257 e. The van der Waals surface area contributed by atoms with Gasteiger partial charge in [-0.25, -0.2) is 19.6 Å². The molecule has 5 heterocycles. The summed E-state index contributed by atoms with van der Waals surface area (Å²) in [6.07, 6.45) is 3.29. The van der Waals surface area contributed by atoms with Gasteiger partial charge in [-0.3, -0.25) is 4.79 Å². The van der Waals surface area contributed by atoms with E-state index in [1.165, 1.54) is 0 Å². The normalized spacial score (nSPS) is 20.6. The van der Waals surface area contributed by atoms with E-state index in [-0.39, 0.29) is 5.91 Å². The third-order valence-electron chi connectivity index (χ3n) is 5.91. The van der Waals surface area contributed by atoms with Gasteiger partial charge in [0.25, 0.3) is 5.91 Å². The van der Waals surface area contributed by atoms with Crippen LogP contribution in [0.3, 0.4) is 0 Å². The predicted octanol–water partition coefficient (Wildman–Crippen LogP) is 1.59. The van der Waals surface area contributed by atoms with Crippen molar-refractivity contribution in [2.24, 2.45) is 11.8 Å². The fourth-order valence-corrected chi connectivity index (χ4v) is 4.55. The van der Waals surface area contributed by atoms with Crippen molar-refractivity contribution in [3.05, 3.63) is 53.2 Å².